The number of aryl methyl sites for hydroxylation is 1. The van der Waals surface area contributed by atoms with Crippen LogP contribution >= 0.6 is 0 Å². The molecular weight excluding hydrogens is 272 g/mol. The van der Waals surface area contributed by atoms with Crippen LogP contribution in [-0.4, -0.2) is 21.0 Å². The van der Waals surface area contributed by atoms with E-state index in [9.17, 15) is 4.79 Å². The molecule has 8 nitrogen and oxygen atoms in total. The molecule has 0 saturated heterocycles. The fourth-order valence-electron chi connectivity index (χ4n) is 1.72. The molecule has 2 heterocycles. The highest BCUT2D eigenvalue weighted by Gasteiger charge is 2.12. The van der Waals surface area contributed by atoms with Gasteiger partial charge in [-0.1, -0.05) is 19.0 Å². The first kappa shape index (κ1) is 14.9. The van der Waals surface area contributed by atoms with Crippen molar-refractivity contribution in [2.75, 3.05) is 5.43 Å². The van der Waals surface area contributed by atoms with Gasteiger partial charge in [-0.3, -0.25) is 4.79 Å². The maximum atomic E-state index is 12.2. The van der Waals surface area contributed by atoms with Crippen molar-refractivity contribution < 1.29 is 9.32 Å². The number of rotatable bonds is 5. The average Bonchev–Trinajstić information content (AvgIpc) is 2.89. The normalized spacial score (nSPS) is 10.7. The molecule has 0 bridgehead atoms. The molecule has 2 aromatic heterocycles. The Morgan fingerprint density at radius 1 is 1.38 bits per heavy atom. The summed E-state index contributed by atoms with van der Waals surface area (Å²) in [6.07, 6.45) is 0. The molecule has 2 aromatic rings. The zero-order valence-corrected chi connectivity index (χ0v) is 12.2. The Bertz CT molecular complexity index is 637. The highest BCUT2D eigenvalue weighted by molar-refractivity contribution is 5.94. The first-order valence-corrected chi connectivity index (χ1v) is 6.55. The number of aromatic nitrogens is 3. The second kappa shape index (κ2) is 6.31. The summed E-state index contributed by atoms with van der Waals surface area (Å²) in [5.41, 5.74) is 3.71. The van der Waals surface area contributed by atoms with E-state index >= 15 is 0 Å². The topological polar surface area (TPSA) is 119 Å². The van der Waals surface area contributed by atoms with Crippen molar-refractivity contribution in [1.82, 2.24) is 20.4 Å². The molecule has 112 valence electrons. The molecule has 4 N–H and O–H groups in total. The first-order chi connectivity index (χ1) is 9.99. The van der Waals surface area contributed by atoms with E-state index in [0.717, 1.165) is 5.69 Å². The van der Waals surface area contributed by atoms with Gasteiger partial charge in [-0.15, -0.1) is 0 Å². The van der Waals surface area contributed by atoms with Gasteiger partial charge in [0.05, 0.1) is 6.54 Å². The fourth-order valence-corrected chi connectivity index (χ4v) is 1.72. The van der Waals surface area contributed by atoms with E-state index in [1.54, 1.807) is 19.1 Å². The van der Waals surface area contributed by atoms with Crippen LogP contribution in [0.1, 0.15) is 47.5 Å². The third-order valence-corrected chi connectivity index (χ3v) is 2.82. The highest BCUT2D eigenvalue weighted by Crippen LogP contribution is 2.17. The van der Waals surface area contributed by atoms with Gasteiger partial charge in [-0.25, -0.2) is 10.8 Å². The van der Waals surface area contributed by atoms with Crippen LogP contribution in [0.25, 0.3) is 0 Å². The van der Waals surface area contributed by atoms with Crippen molar-refractivity contribution in [2.24, 2.45) is 5.84 Å². The lowest BCUT2D eigenvalue weighted by atomic mass is 10.1. The van der Waals surface area contributed by atoms with Gasteiger partial charge in [0, 0.05) is 11.3 Å². The Labute approximate surface area is 122 Å². The van der Waals surface area contributed by atoms with Gasteiger partial charge in [0.25, 0.3) is 5.91 Å². The zero-order valence-electron chi connectivity index (χ0n) is 12.2. The maximum absolute atomic E-state index is 12.2. The van der Waals surface area contributed by atoms with Crippen molar-refractivity contribution in [3.63, 3.8) is 0 Å². The minimum atomic E-state index is -0.258. The molecule has 2 rings (SSSR count). The number of amides is 1. The third-order valence-electron chi connectivity index (χ3n) is 2.82. The van der Waals surface area contributed by atoms with E-state index in [4.69, 9.17) is 10.4 Å². The molecule has 0 saturated carbocycles. The summed E-state index contributed by atoms with van der Waals surface area (Å²) in [7, 11) is 0. The summed E-state index contributed by atoms with van der Waals surface area (Å²) in [5, 5.41) is 6.37. The number of hydrazine groups is 1. The molecule has 0 aliphatic rings. The lowest BCUT2D eigenvalue weighted by molar-refractivity contribution is 0.0946. The van der Waals surface area contributed by atoms with Crippen molar-refractivity contribution in [2.45, 2.75) is 33.2 Å². The highest BCUT2D eigenvalue weighted by atomic mass is 16.5. The predicted octanol–water partition coefficient (Wildman–Crippen LogP) is 1.11. The molecular formula is C13H18N6O2. The number of carbonyl (C=O) groups excluding carboxylic acids is 1. The van der Waals surface area contributed by atoms with Gasteiger partial charge >= 0.3 is 0 Å². The molecule has 0 aliphatic heterocycles. The Kier molecular flexibility index (Phi) is 4.49. The van der Waals surface area contributed by atoms with Crippen LogP contribution in [0.2, 0.25) is 0 Å². The molecule has 8 heteroatoms. The maximum Gasteiger partial charge on any atom is 0.251 e. The number of anilines is 1. The van der Waals surface area contributed by atoms with Crippen LogP contribution in [0.4, 0.5) is 5.82 Å². The van der Waals surface area contributed by atoms with Gasteiger partial charge < -0.3 is 15.3 Å². The lowest BCUT2D eigenvalue weighted by Gasteiger charge is -2.10. The van der Waals surface area contributed by atoms with Crippen LogP contribution in [0, 0.1) is 6.92 Å². The summed E-state index contributed by atoms with van der Waals surface area (Å²) >= 11 is 0. The van der Waals surface area contributed by atoms with E-state index in [1.807, 2.05) is 13.8 Å². The standard InChI is InChI=1S/C13H18N6O2/c1-7(2)10-4-9(5-11(17-10)18-14)13(20)15-6-12-16-8(3)19-21-12/h4-5,7H,6,14H2,1-3H3,(H,15,20)(H,17,18). The minimum absolute atomic E-state index is 0.171. The van der Waals surface area contributed by atoms with Crippen LogP contribution in [0.5, 0.6) is 0 Å². The summed E-state index contributed by atoms with van der Waals surface area (Å²) in [6, 6.07) is 3.32. The van der Waals surface area contributed by atoms with Crippen molar-refractivity contribution in [3.8, 4) is 0 Å². The number of hydrogen-bond acceptors (Lipinski definition) is 7. The van der Waals surface area contributed by atoms with Gasteiger partial charge in [-0.2, -0.15) is 4.98 Å². The Morgan fingerprint density at radius 3 is 2.71 bits per heavy atom. The molecule has 0 aromatic carbocycles. The van der Waals surface area contributed by atoms with Crippen molar-refractivity contribution in [1.29, 1.82) is 0 Å². The predicted molar refractivity (Wildman–Crippen MR) is 76.3 cm³/mol. The summed E-state index contributed by atoms with van der Waals surface area (Å²) in [5.74, 6) is 6.63. The number of nitrogen functional groups attached to an aromatic ring is 1. The van der Waals surface area contributed by atoms with Crippen LogP contribution < -0.4 is 16.6 Å². The Balaban J connectivity index is 2.12. The fraction of sp³-hybridized carbons (Fsp3) is 0.385. The molecule has 0 unspecified atom stereocenters. The third kappa shape index (κ3) is 3.76. The number of pyridine rings is 1. The molecule has 0 spiro atoms. The summed E-state index contributed by atoms with van der Waals surface area (Å²) in [4.78, 5) is 20.5. The smallest absolute Gasteiger partial charge is 0.251 e. The minimum Gasteiger partial charge on any atom is -0.343 e. The quantitative estimate of drug-likeness (QED) is 0.557. The largest absolute Gasteiger partial charge is 0.343 e. The van der Waals surface area contributed by atoms with Gasteiger partial charge in [-0.05, 0) is 25.0 Å². The molecule has 1 amide bonds. The number of carbonyl (C=O) groups is 1. The van der Waals surface area contributed by atoms with Crippen LogP contribution in [-0.2, 0) is 6.54 Å². The van der Waals surface area contributed by atoms with E-state index < -0.39 is 0 Å². The SMILES string of the molecule is Cc1noc(CNC(=O)c2cc(NN)nc(C(C)C)c2)n1. The Morgan fingerprint density at radius 2 is 2.14 bits per heavy atom. The van der Waals surface area contributed by atoms with Gasteiger partial charge in [0.15, 0.2) is 5.82 Å². The van der Waals surface area contributed by atoms with E-state index in [0.29, 0.717) is 23.1 Å². The number of hydrogen-bond donors (Lipinski definition) is 3. The molecule has 21 heavy (non-hydrogen) atoms. The number of nitrogens with two attached hydrogens (primary N) is 1. The number of nitrogens with zero attached hydrogens (tertiary/aromatic N) is 3. The molecule has 0 atom stereocenters. The summed E-state index contributed by atoms with van der Waals surface area (Å²) in [6.45, 7) is 5.87. The zero-order chi connectivity index (χ0) is 15.4. The molecule has 0 fully saturated rings. The van der Waals surface area contributed by atoms with Gasteiger partial charge in [0.1, 0.15) is 5.82 Å². The average molecular weight is 290 g/mol. The summed E-state index contributed by atoms with van der Waals surface area (Å²) < 4.78 is 4.94. The monoisotopic (exact) mass is 290 g/mol. The van der Waals surface area contributed by atoms with Crippen LogP contribution in [0.3, 0.4) is 0 Å². The van der Waals surface area contributed by atoms with E-state index in [2.05, 4.69) is 25.9 Å². The van der Waals surface area contributed by atoms with Crippen molar-refractivity contribution in [3.05, 3.63) is 35.1 Å². The van der Waals surface area contributed by atoms with Crippen LogP contribution in [0.15, 0.2) is 16.7 Å². The van der Waals surface area contributed by atoms with E-state index in [-0.39, 0.29) is 18.4 Å². The van der Waals surface area contributed by atoms with Gasteiger partial charge in [0.2, 0.25) is 5.89 Å². The lowest BCUT2D eigenvalue weighted by Crippen LogP contribution is -2.24. The first-order valence-electron chi connectivity index (χ1n) is 6.55. The van der Waals surface area contributed by atoms with Crippen molar-refractivity contribution >= 4 is 11.7 Å². The van der Waals surface area contributed by atoms with E-state index in [1.165, 1.54) is 0 Å². The Hall–Kier alpha value is -2.48. The second-order valence-corrected chi connectivity index (χ2v) is 4.88. The second-order valence-electron chi connectivity index (χ2n) is 4.88. The number of nitrogens with one attached hydrogen (secondary N) is 2. The molecule has 0 aliphatic carbocycles. The molecule has 0 radical (unpaired) electrons.